The smallest absolute Gasteiger partial charge is 0.243 e. The predicted molar refractivity (Wildman–Crippen MR) is 155 cm³/mol. The van der Waals surface area contributed by atoms with Crippen molar-refractivity contribution in [2.24, 2.45) is 5.41 Å². The van der Waals surface area contributed by atoms with Crippen LogP contribution in [0, 0.1) is 16.7 Å². The van der Waals surface area contributed by atoms with Gasteiger partial charge in [0.05, 0.1) is 22.2 Å². The van der Waals surface area contributed by atoms with Crippen LogP contribution in [0.15, 0.2) is 42.5 Å². The Kier molecular flexibility index (Phi) is 9.23. The number of amides is 1. The lowest BCUT2D eigenvalue weighted by Gasteiger charge is -2.39. The number of rotatable bonds is 10. The highest BCUT2D eigenvalue weighted by Crippen LogP contribution is 2.41. The van der Waals surface area contributed by atoms with Crippen LogP contribution in [0.2, 0.25) is 28.2 Å². The molecule has 2 aromatic carbocycles. The summed E-state index contributed by atoms with van der Waals surface area (Å²) in [5.74, 6) is -0.162. The summed E-state index contributed by atoms with van der Waals surface area (Å²) in [7, 11) is -1.91. The fourth-order valence-corrected chi connectivity index (χ4v) is 6.01. The maximum atomic E-state index is 13.8. The van der Waals surface area contributed by atoms with Crippen molar-refractivity contribution in [2.45, 2.75) is 97.1 Å². The van der Waals surface area contributed by atoms with Gasteiger partial charge >= 0.3 is 0 Å². The summed E-state index contributed by atoms with van der Waals surface area (Å²) in [4.78, 5) is 15.6. The van der Waals surface area contributed by atoms with Gasteiger partial charge < -0.3 is 9.33 Å². The normalized spacial score (nSPS) is 16.5. The molecule has 37 heavy (non-hydrogen) atoms. The summed E-state index contributed by atoms with van der Waals surface area (Å²) in [5, 5.41) is 11.2. The Hall–Kier alpha value is -1.84. The van der Waals surface area contributed by atoms with E-state index in [0.29, 0.717) is 23.0 Å². The van der Waals surface area contributed by atoms with Gasteiger partial charge in [0, 0.05) is 12.6 Å². The molecule has 200 valence electrons. The SMILES string of the molecule is CCC(O[Si](C)(C)C(C)(C)C)c1ccc(CC(C)(C#N)C(=O)N(Cc2cccc(Cl)c2Cl)C2CC2)cc1. The number of hydrogen-bond acceptors (Lipinski definition) is 3. The molecule has 7 heteroatoms. The van der Waals surface area contributed by atoms with Crippen molar-refractivity contribution in [2.75, 3.05) is 0 Å². The number of carbonyl (C=O) groups is 1. The van der Waals surface area contributed by atoms with Crippen LogP contribution in [0.25, 0.3) is 0 Å². The van der Waals surface area contributed by atoms with Gasteiger partial charge in [0.15, 0.2) is 8.32 Å². The number of nitriles is 1. The number of hydrogen-bond donors (Lipinski definition) is 0. The average Bonchev–Trinajstić information content (AvgIpc) is 3.68. The lowest BCUT2D eigenvalue weighted by Crippen LogP contribution is -2.44. The summed E-state index contributed by atoms with van der Waals surface area (Å²) in [6.07, 6.45) is 3.14. The Morgan fingerprint density at radius 2 is 1.76 bits per heavy atom. The minimum atomic E-state index is -1.91. The molecule has 2 unspecified atom stereocenters. The van der Waals surface area contributed by atoms with Crippen LogP contribution in [0.1, 0.15) is 76.7 Å². The van der Waals surface area contributed by atoms with E-state index in [4.69, 9.17) is 27.6 Å². The Morgan fingerprint density at radius 1 is 1.14 bits per heavy atom. The second-order valence-corrected chi connectivity index (χ2v) is 17.6. The molecule has 3 rings (SSSR count). The molecule has 1 saturated carbocycles. The lowest BCUT2D eigenvalue weighted by molar-refractivity contribution is -0.139. The maximum Gasteiger partial charge on any atom is 0.243 e. The second kappa shape index (κ2) is 11.5. The molecule has 0 bridgehead atoms. The summed E-state index contributed by atoms with van der Waals surface area (Å²) >= 11 is 12.6. The highest BCUT2D eigenvalue weighted by atomic mass is 35.5. The molecule has 2 atom stereocenters. The van der Waals surface area contributed by atoms with Gasteiger partial charge in [0.2, 0.25) is 5.91 Å². The predicted octanol–water partition coefficient (Wildman–Crippen LogP) is 8.73. The molecule has 4 nitrogen and oxygen atoms in total. The minimum Gasteiger partial charge on any atom is -0.410 e. The molecule has 0 spiro atoms. The Morgan fingerprint density at radius 3 is 2.27 bits per heavy atom. The van der Waals surface area contributed by atoms with Gasteiger partial charge in [-0.25, -0.2) is 0 Å². The van der Waals surface area contributed by atoms with E-state index in [1.165, 1.54) is 0 Å². The molecule has 1 aliphatic rings. The summed E-state index contributed by atoms with van der Waals surface area (Å²) in [5.41, 5.74) is 1.71. The molecule has 0 aliphatic heterocycles. The van der Waals surface area contributed by atoms with E-state index >= 15 is 0 Å². The van der Waals surface area contributed by atoms with Crippen molar-refractivity contribution in [1.29, 1.82) is 5.26 Å². The third-order valence-electron chi connectivity index (χ3n) is 7.86. The highest BCUT2D eigenvalue weighted by Gasteiger charge is 2.43. The monoisotopic (exact) mass is 558 g/mol. The zero-order valence-corrected chi connectivity index (χ0v) is 25.7. The van der Waals surface area contributed by atoms with Gasteiger partial charge in [-0.2, -0.15) is 5.26 Å². The maximum absolute atomic E-state index is 13.8. The van der Waals surface area contributed by atoms with Gasteiger partial charge in [-0.05, 0) is 73.5 Å². The van der Waals surface area contributed by atoms with Crippen molar-refractivity contribution in [1.82, 2.24) is 4.90 Å². The van der Waals surface area contributed by atoms with Crippen molar-refractivity contribution < 1.29 is 9.22 Å². The van der Waals surface area contributed by atoms with E-state index in [1.54, 1.807) is 13.0 Å². The largest absolute Gasteiger partial charge is 0.410 e. The Bertz CT molecular complexity index is 1150. The molecule has 0 radical (unpaired) electrons. The van der Waals surface area contributed by atoms with E-state index in [1.807, 2.05) is 29.2 Å². The number of nitrogens with zero attached hydrogens (tertiary/aromatic N) is 2. The number of carbonyl (C=O) groups excluding carboxylic acids is 1. The van der Waals surface area contributed by atoms with Crippen LogP contribution >= 0.6 is 23.2 Å². The van der Waals surface area contributed by atoms with Crippen molar-refractivity contribution in [3.63, 3.8) is 0 Å². The summed E-state index contributed by atoms with van der Waals surface area (Å²) in [6, 6.07) is 16.2. The summed E-state index contributed by atoms with van der Waals surface area (Å²) in [6.45, 7) is 15.5. The van der Waals surface area contributed by atoms with E-state index < -0.39 is 13.7 Å². The van der Waals surface area contributed by atoms with Crippen LogP contribution in [-0.4, -0.2) is 25.2 Å². The topological polar surface area (TPSA) is 53.3 Å². The van der Waals surface area contributed by atoms with E-state index in [-0.39, 0.29) is 23.1 Å². The minimum absolute atomic E-state index is 0.0340. The van der Waals surface area contributed by atoms with Gasteiger partial charge in [-0.1, -0.05) is 87.3 Å². The Labute approximate surface area is 234 Å². The zero-order valence-electron chi connectivity index (χ0n) is 23.2. The molecule has 0 saturated heterocycles. The molecule has 0 aromatic heterocycles. The third kappa shape index (κ3) is 6.98. The quantitative estimate of drug-likeness (QED) is 0.274. The molecule has 1 amide bonds. The molecule has 2 aromatic rings. The fourth-order valence-electron chi connectivity index (χ4n) is 4.26. The Balaban J connectivity index is 1.78. The lowest BCUT2D eigenvalue weighted by atomic mass is 9.83. The van der Waals surface area contributed by atoms with E-state index in [9.17, 15) is 10.1 Å². The number of halogens is 2. The van der Waals surface area contributed by atoms with Crippen LogP contribution in [-0.2, 0) is 22.2 Å². The van der Waals surface area contributed by atoms with E-state index in [2.05, 4.69) is 59.0 Å². The van der Waals surface area contributed by atoms with Crippen LogP contribution in [0.3, 0.4) is 0 Å². The van der Waals surface area contributed by atoms with Crippen molar-refractivity contribution >= 4 is 37.4 Å². The molecule has 1 aliphatic carbocycles. The molecule has 0 heterocycles. The van der Waals surface area contributed by atoms with Crippen LogP contribution in [0.5, 0.6) is 0 Å². The van der Waals surface area contributed by atoms with Gasteiger partial charge in [-0.3, -0.25) is 4.79 Å². The van der Waals surface area contributed by atoms with Gasteiger partial charge in [0.1, 0.15) is 5.41 Å². The number of benzene rings is 2. The van der Waals surface area contributed by atoms with Gasteiger partial charge in [-0.15, -0.1) is 0 Å². The average molecular weight is 560 g/mol. The first-order chi connectivity index (χ1) is 17.2. The fraction of sp³-hybridized carbons (Fsp3) is 0.533. The van der Waals surface area contributed by atoms with E-state index in [0.717, 1.165) is 36.0 Å². The first kappa shape index (κ1) is 29.7. The molecular formula is C30H40Cl2N2O2Si. The van der Waals surface area contributed by atoms with Gasteiger partial charge in [0.25, 0.3) is 0 Å². The first-order valence-corrected chi connectivity index (χ1v) is 16.8. The van der Waals surface area contributed by atoms with Crippen molar-refractivity contribution in [3.8, 4) is 6.07 Å². The summed E-state index contributed by atoms with van der Waals surface area (Å²) < 4.78 is 6.68. The molecule has 0 N–H and O–H groups in total. The molecular weight excluding hydrogens is 519 g/mol. The second-order valence-electron chi connectivity index (χ2n) is 12.0. The van der Waals surface area contributed by atoms with Crippen molar-refractivity contribution in [3.05, 3.63) is 69.2 Å². The molecule has 1 fully saturated rings. The van der Waals surface area contributed by atoms with Crippen LogP contribution < -0.4 is 0 Å². The zero-order chi connectivity index (χ0) is 27.6. The third-order valence-corrected chi connectivity index (χ3v) is 13.2. The standard InChI is InChI=1S/C30H40Cl2N2O2Si/c1-8-26(36-37(6,7)29(2,3)4)22-14-12-21(13-15-22)18-30(5,20-33)28(35)34(24-16-17-24)19-23-10-9-11-25(31)27(23)32/h9-15,24,26H,8,16-19H2,1-7H3. The van der Waals surface area contributed by atoms with Crippen LogP contribution in [0.4, 0.5) is 0 Å². The highest BCUT2D eigenvalue weighted by molar-refractivity contribution is 6.74. The first-order valence-electron chi connectivity index (χ1n) is 13.1.